The van der Waals surface area contributed by atoms with Gasteiger partial charge in [-0.2, -0.15) is 0 Å². The van der Waals surface area contributed by atoms with Gasteiger partial charge in [0.1, 0.15) is 0 Å². The van der Waals surface area contributed by atoms with Gasteiger partial charge >= 0.3 is 0 Å². The van der Waals surface area contributed by atoms with Crippen LogP contribution in [0.5, 0.6) is 0 Å². The molecule has 1 heterocycles. The predicted molar refractivity (Wildman–Crippen MR) is 108 cm³/mol. The molecule has 2 aromatic carbocycles. The molecule has 0 spiro atoms. The Hall–Kier alpha value is -3.38. The van der Waals surface area contributed by atoms with E-state index in [0.717, 1.165) is 5.56 Å². The lowest BCUT2D eigenvalue weighted by Gasteiger charge is -2.25. The average Bonchev–Trinajstić information content (AvgIpc) is 3.24. The zero-order valence-corrected chi connectivity index (χ0v) is 15.9. The first-order valence-corrected chi connectivity index (χ1v) is 8.99. The van der Waals surface area contributed by atoms with Gasteiger partial charge in [-0.05, 0) is 43.9 Å². The van der Waals surface area contributed by atoms with Crippen LogP contribution in [0.3, 0.4) is 0 Å². The number of carbonyl (C=O) groups is 2. The van der Waals surface area contributed by atoms with Crippen molar-refractivity contribution in [2.24, 2.45) is 0 Å². The number of benzene rings is 2. The van der Waals surface area contributed by atoms with Crippen molar-refractivity contribution in [1.82, 2.24) is 10.2 Å². The Bertz CT molecular complexity index is 921. The molecule has 0 aliphatic heterocycles. The third-order valence-corrected chi connectivity index (χ3v) is 4.43. The monoisotopic (exact) mass is 377 g/mol. The summed E-state index contributed by atoms with van der Waals surface area (Å²) in [5.41, 5.74) is 1.95. The molecular weight excluding hydrogens is 354 g/mol. The third kappa shape index (κ3) is 4.66. The molecule has 2 amide bonds. The molecule has 3 aromatic rings. The first kappa shape index (κ1) is 19.4. The number of carbonyl (C=O) groups excluding carboxylic acids is 2. The summed E-state index contributed by atoms with van der Waals surface area (Å²) < 4.78 is 5.10. The molecule has 0 aliphatic carbocycles. The van der Waals surface area contributed by atoms with E-state index in [2.05, 4.69) is 15.5 Å². The maximum Gasteiger partial charge on any atom is 0.291 e. The lowest BCUT2D eigenvalue weighted by Crippen LogP contribution is -2.35. The van der Waals surface area contributed by atoms with E-state index in [9.17, 15) is 9.59 Å². The van der Waals surface area contributed by atoms with Crippen LogP contribution in [0.25, 0.3) is 0 Å². The first-order valence-electron chi connectivity index (χ1n) is 8.99. The van der Waals surface area contributed by atoms with E-state index < -0.39 is 5.91 Å². The van der Waals surface area contributed by atoms with Gasteiger partial charge < -0.3 is 20.0 Å². The molecule has 0 aliphatic rings. The van der Waals surface area contributed by atoms with Gasteiger partial charge in [0.05, 0.1) is 23.6 Å². The number of furan rings is 1. The van der Waals surface area contributed by atoms with Gasteiger partial charge in [-0.15, -0.1) is 0 Å². The Labute approximate surface area is 164 Å². The smallest absolute Gasteiger partial charge is 0.291 e. The number of nitrogens with one attached hydrogen (secondary N) is 2. The van der Waals surface area contributed by atoms with Crippen LogP contribution < -0.4 is 10.6 Å². The van der Waals surface area contributed by atoms with Crippen LogP contribution in [-0.2, 0) is 0 Å². The van der Waals surface area contributed by atoms with Crippen molar-refractivity contribution < 1.29 is 14.0 Å². The second-order valence-corrected chi connectivity index (χ2v) is 6.58. The highest BCUT2D eigenvalue weighted by atomic mass is 16.3. The van der Waals surface area contributed by atoms with Crippen molar-refractivity contribution in [3.05, 3.63) is 89.9 Å². The van der Waals surface area contributed by atoms with Crippen molar-refractivity contribution in [3.8, 4) is 0 Å². The molecule has 28 heavy (non-hydrogen) atoms. The highest BCUT2D eigenvalue weighted by molar-refractivity contribution is 6.07. The maximum absolute atomic E-state index is 12.8. The summed E-state index contributed by atoms with van der Waals surface area (Å²) in [6.45, 7) is 0.441. The summed E-state index contributed by atoms with van der Waals surface area (Å²) >= 11 is 0. The zero-order valence-electron chi connectivity index (χ0n) is 15.9. The number of anilines is 1. The number of amides is 2. The second kappa shape index (κ2) is 9.01. The summed E-state index contributed by atoms with van der Waals surface area (Å²) in [5, 5.41) is 5.70. The molecule has 1 atom stereocenters. The molecule has 144 valence electrons. The van der Waals surface area contributed by atoms with E-state index in [1.54, 1.807) is 36.4 Å². The second-order valence-electron chi connectivity index (χ2n) is 6.58. The minimum atomic E-state index is -0.402. The number of likely N-dealkylation sites (N-methyl/N-ethyl adjacent to an activating group) is 1. The fourth-order valence-corrected chi connectivity index (χ4v) is 2.94. The lowest BCUT2D eigenvalue weighted by atomic mass is 10.1. The van der Waals surface area contributed by atoms with E-state index in [1.807, 2.05) is 44.4 Å². The Balaban J connectivity index is 1.71. The normalized spacial score (nSPS) is 11.8. The van der Waals surface area contributed by atoms with Gasteiger partial charge in [0, 0.05) is 6.54 Å². The van der Waals surface area contributed by atoms with E-state index in [0.29, 0.717) is 17.8 Å². The van der Waals surface area contributed by atoms with Gasteiger partial charge in [-0.1, -0.05) is 42.5 Å². The molecule has 0 radical (unpaired) electrons. The number of hydrogen-bond donors (Lipinski definition) is 2. The van der Waals surface area contributed by atoms with Gasteiger partial charge in [0.15, 0.2) is 5.76 Å². The maximum atomic E-state index is 12.8. The SMILES string of the molecule is CN(C)[C@H](CNC(=O)c1ccccc1NC(=O)c1ccco1)c1ccccc1. The quantitative estimate of drug-likeness (QED) is 0.660. The molecule has 2 N–H and O–H groups in total. The fraction of sp³-hybridized carbons (Fsp3) is 0.182. The summed E-state index contributed by atoms with van der Waals surface area (Å²) in [5.74, 6) is -0.467. The Morgan fingerprint density at radius 2 is 1.64 bits per heavy atom. The summed E-state index contributed by atoms with van der Waals surface area (Å²) in [4.78, 5) is 27.1. The first-order chi connectivity index (χ1) is 13.6. The van der Waals surface area contributed by atoms with Crippen molar-refractivity contribution in [1.29, 1.82) is 0 Å². The average molecular weight is 377 g/mol. The Kier molecular flexibility index (Phi) is 6.24. The molecule has 0 saturated carbocycles. The minimum absolute atomic E-state index is 0.0371. The molecular formula is C22H23N3O3. The van der Waals surface area contributed by atoms with Crippen LogP contribution in [0, 0.1) is 0 Å². The number of hydrogen-bond acceptors (Lipinski definition) is 4. The molecule has 0 saturated heterocycles. The molecule has 6 nitrogen and oxygen atoms in total. The predicted octanol–water partition coefficient (Wildman–Crippen LogP) is 3.56. The molecule has 0 unspecified atom stereocenters. The van der Waals surface area contributed by atoms with Crippen molar-refractivity contribution in [2.75, 3.05) is 26.0 Å². The van der Waals surface area contributed by atoms with Crippen molar-refractivity contribution >= 4 is 17.5 Å². The van der Waals surface area contributed by atoms with Crippen LogP contribution in [0.1, 0.15) is 32.5 Å². The molecule has 0 bridgehead atoms. The highest BCUT2D eigenvalue weighted by Crippen LogP contribution is 2.19. The summed E-state index contributed by atoms with van der Waals surface area (Å²) in [6.07, 6.45) is 1.43. The zero-order chi connectivity index (χ0) is 19.9. The van der Waals surface area contributed by atoms with Crippen molar-refractivity contribution in [2.45, 2.75) is 6.04 Å². The van der Waals surface area contributed by atoms with Crippen molar-refractivity contribution in [3.63, 3.8) is 0 Å². The van der Waals surface area contributed by atoms with Crippen LogP contribution in [0.4, 0.5) is 5.69 Å². The van der Waals surface area contributed by atoms with Gasteiger partial charge in [0.2, 0.25) is 0 Å². The fourth-order valence-electron chi connectivity index (χ4n) is 2.94. The minimum Gasteiger partial charge on any atom is -0.459 e. The summed E-state index contributed by atoms with van der Waals surface area (Å²) in [6, 6.07) is 20.1. The van der Waals surface area contributed by atoms with Crippen LogP contribution >= 0.6 is 0 Å². The van der Waals surface area contributed by atoms with Gasteiger partial charge in [0.25, 0.3) is 11.8 Å². The molecule has 0 fully saturated rings. The van der Waals surface area contributed by atoms with E-state index in [1.165, 1.54) is 6.26 Å². The standard InChI is InChI=1S/C22H23N3O3/c1-25(2)19(16-9-4-3-5-10-16)15-23-21(26)17-11-6-7-12-18(17)24-22(27)20-13-8-14-28-20/h3-14,19H,15H2,1-2H3,(H,23,26)(H,24,27)/t19-/m1/s1. The molecule has 6 heteroatoms. The van der Waals surface area contributed by atoms with Gasteiger partial charge in [-0.3, -0.25) is 9.59 Å². The van der Waals surface area contributed by atoms with E-state index >= 15 is 0 Å². The third-order valence-electron chi connectivity index (χ3n) is 4.43. The number of rotatable bonds is 7. The van der Waals surface area contributed by atoms with E-state index in [-0.39, 0.29) is 17.7 Å². The Morgan fingerprint density at radius 1 is 0.929 bits per heavy atom. The highest BCUT2D eigenvalue weighted by Gasteiger charge is 2.18. The van der Waals surface area contributed by atoms with Crippen LogP contribution in [-0.4, -0.2) is 37.4 Å². The number of para-hydroxylation sites is 1. The van der Waals surface area contributed by atoms with E-state index in [4.69, 9.17) is 4.42 Å². The summed E-state index contributed by atoms with van der Waals surface area (Å²) in [7, 11) is 3.95. The van der Waals surface area contributed by atoms with Gasteiger partial charge in [-0.25, -0.2) is 0 Å². The van der Waals surface area contributed by atoms with Crippen LogP contribution in [0.15, 0.2) is 77.4 Å². The number of nitrogens with zero attached hydrogens (tertiary/aromatic N) is 1. The molecule has 1 aromatic heterocycles. The Morgan fingerprint density at radius 3 is 2.32 bits per heavy atom. The lowest BCUT2D eigenvalue weighted by molar-refractivity contribution is 0.0943. The molecule has 3 rings (SSSR count). The van der Waals surface area contributed by atoms with Crippen LogP contribution in [0.2, 0.25) is 0 Å². The topological polar surface area (TPSA) is 74.6 Å². The largest absolute Gasteiger partial charge is 0.459 e.